The number of likely N-dealkylation sites (tertiary alicyclic amines) is 1. The Kier molecular flexibility index (Phi) is 2.74. The van der Waals surface area contributed by atoms with Crippen molar-refractivity contribution in [3.8, 4) is 0 Å². The molecule has 1 saturated heterocycles. The van der Waals surface area contributed by atoms with E-state index in [2.05, 4.69) is 10.3 Å². The molecule has 0 radical (unpaired) electrons. The van der Waals surface area contributed by atoms with E-state index in [0.717, 1.165) is 35.4 Å². The van der Waals surface area contributed by atoms with Gasteiger partial charge in [0.1, 0.15) is 11.9 Å². The van der Waals surface area contributed by atoms with Gasteiger partial charge >= 0.3 is 0 Å². The van der Waals surface area contributed by atoms with Gasteiger partial charge in [-0.15, -0.1) is 0 Å². The van der Waals surface area contributed by atoms with Crippen molar-refractivity contribution in [1.29, 1.82) is 0 Å². The second-order valence-corrected chi connectivity index (χ2v) is 4.89. The van der Waals surface area contributed by atoms with Crippen LogP contribution in [0.5, 0.6) is 0 Å². The fourth-order valence-corrected chi connectivity index (χ4v) is 2.36. The third kappa shape index (κ3) is 2.19. The molecule has 19 heavy (non-hydrogen) atoms. The molecule has 5 heteroatoms. The molecule has 1 unspecified atom stereocenters. The van der Waals surface area contributed by atoms with Crippen LogP contribution in [0.25, 0.3) is 10.9 Å². The molecule has 2 heterocycles. The lowest BCUT2D eigenvalue weighted by Crippen LogP contribution is -2.31. The largest absolute Gasteiger partial charge is 0.399 e. The Hall–Kier alpha value is -2.30. The Morgan fingerprint density at radius 1 is 1.37 bits per heavy atom. The van der Waals surface area contributed by atoms with Crippen molar-refractivity contribution in [2.24, 2.45) is 0 Å². The SMILES string of the molecule is CN1CCC(Nc2ccc3cc(N)ccc3n2)C1=O. The van der Waals surface area contributed by atoms with Crippen LogP contribution in [0.2, 0.25) is 0 Å². The van der Waals surface area contributed by atoms with Gasteiger partial charge in [-0.05, 0) is 36.8 Å². The van der Waals surface area contributed by atoms with Crippen LogP contribution in [0.15, 0.2) is 30.3 Å². The predicted molar refractivity (Wildman–Crippen MR) is 75.8 cm³/mol. The van der Waals surface area contributed by atoms with E-state index >= 15 is 0 Å². The van der Waals surface area contributed by atoms with E-state index in [4.69, 9.17) is 5.73 Å². The highest BCUT2D eigenvalue weighted by molar-refractivity contribution is 5.87. The Labute approximate surface area is 111 Å². The van der Waals surface area contributed by atoms with E-state index in [1.165, 1.54) is 0 Å². The molecule has 0 saturated carbocycles. The van der Waals surface area contributed by atoms with Crippen molar-refractivity contribution in [2.45, 2.75) is 12.5 Å². The number of carbonyl (C=O) groups is 1. The van der Waals surface area contributed by atoms with Gasteiger partial charge in [0.2, 0.25) is 5.91 Å². The molecule has 1 aromatic heterocycles. The molecule has 0 aliphatic carbocycles. The first-order valence-corrected chi connectivity index (χ1v) is 6.31. The van der Waals surface area contributed by atoms with Crippen LogP contribution in [0.1, 0.15) is 6.42 Å². The van der Waals surface area contributed by atoms with Gasteiger partial charge in [-0.3, -0.25) is 4.79 Å². The summed E-state index contributed by atoms with van der Waals surface area (Å²) in [4.78, 5) is 18.1. The number of nitrogens with zero attached hydrogens (tertiary/aromatic N) is 2. The van der Waals surface area contributed by atoms with E-state index in [0.29, 0.717) is 0 Å². The molecule has 1 aliphatic heterocycles. The minimum Gasteiger partial charge on any atom is -0.399 e. The fourth-order valence-electron chi connectivity index (χ4n) is 2.36. The summed E-state index contributed by atoms with van der Waals surface area (Å²) in [7, 11) is 1.82. The lowest BCUT2D eigenvalue weighted by molar-refractivity contribution is -0.127. The number of nitrogens with one attached hydrogen (secondary N) is 1. The van der Waals surface area contributed by atoms with Crippen molar-refractivity contribution in [3.63, 3.8) is 0 Å². The van der Waals surface area contributed by atoms with Crippen LogP contribution >= 0.6 is 0 Å². The average molecular weight is 256 g/mol. The van der Waals surface area contributed by atoms with Crippen LogP contribution < -0.4 is 11.1 Å². The first-order valence-electron chi connectivity index (χ1n) is 6.31. The van der Waals surface area contributed by atoms with Crippen molar-refractivity contribution >= 4 is 28.3 Å². The molecular formula is C14H16N4O. The number of aromatic nitrogens is 1. The number of hydrogen-bond acceptors (Lipinski definition) is 4. The molecule has 1 aromatic carbocycles. The minimum atomic E-state index is -0.163. The van der Waals surface area contributed by atoms with Crippen molar-refractivity contribution in [1.82, 2.24) is 9.88 Å². The standard InChI is InChI=1S/C14H16N4O/c1-18-7-6-12(14(18)19)17-13-5-2-9-8-10(15)3-4-11(9)16-13/h2-5,8,12H,6-7,15H2,1H3,(H,16,17). The first-order chi connectivity index (χ1) is 9.13. The molecule has 0 spiro atoms. The van der Waals surface area contributed by atoms with Gasteiger partial charge in [-0.2, -0.15) is 0 Å². The maximum Gasteiger partial charge on any atom is 0.244 e. The highest BCUT2D eigenvalue weighted by Crippen LogP contribution is 2.20. The molecule has 1 fully saturated rings. The van der Waals surface area contributed by atoms with Crippen LogP contribution in [0.4, 0.5) is 11.5 Å². The summed E-state index contributed by atoms with van der Waals surface area (Å²) in [6, 6.07) is 9.29. The molecule has 98 valence electrons. The number of nitrogen functional groups attached to an aromatic ring is 1. The molecule has 0 bridgehead atoms. The van der Waals surface area contributed by atoms with Crippen molar-refractivity contribution in [3.05, 3.63) is 30.3 Å². The van der Waals surface area contributed by atoms with Crippen LogP contribution in [-0.4, -0.2) is 35.4 Å². The van der Waals surface area contributed by atoms with Crippen LogP contribution in [0.3, 0.4) is 0 Å². The summed E-state index contributed by atoms with van der Waals surface area (Å²) in [5.41, 5.74) is 7.33. The number of fused-ring (bicyclic) bond motifs is 1. The maximum absolute atomic E-state index is 11.8. The smallest absolute Gasteiger partial charge is 0.244 e. The van der Waals surface area contributed by atoms with Crippen LogP contribution in [-0.2, 0) is 4.79 Å². The maximum atomic E-state index is 11.8. The summed E-state index contributed by atoms with van der Waals surface area (Å²) < 4.78 is 0. The monoisotopic (exact) mass is 256 g/mol. The minimum absolute atomic E-state index is 0.124. The summed E-state index contributed by atoms with van der Waals surface area (Å²) >= 11 is 0. The first kappa shape index (κ1) is 11.8. The molecule has 1 atom stereocenters. The number of rotatable bonds is 2. The van der Waals surface area contributed by atoms with E-state index < -0.39 is 0 Å². The van der Waals surface area contributed by atoms with Gasteiger partial charge in [-0.25, -0.2) is 4.98 Å². The predicted octanol–water partition coefficient (Wildman–Crippen LogP) is 1.46. The zero-order chi connectivity index (χ0) is 13.4. The number of nitrogens with two attached hydrogens (primary N) is 1. The molecule has 1 aliphatic rings. The molecule has 3 rings (SSSR count). The molecule has 1 amide bonds. The third-order valence-corrected chi connectivity index (χ3v) is 3.46. The van der Waals surface area contributed by atoms with E-state index in [1.54, 1.807) is 4.90 Å². The van der Waals surface area contributed by atoms with E-state index in [-0.39, 0.29) is 11.9 Å². The number of pyridine rings is 1. The Morgan fingerprint density at radius 3 is 2.95 bits per heavy atom. The molecule has 5 nitrogen and oxygen atoms in total. The van der Waals surface area contributed by atoms with Gasteiger partial charge in [0.05, 0.1) is 5.52 Å². The third-order valence-electron chi connectivity index (χ3n) is 3.46. The summed E-state index contributed by atoms with van der Waals surface area (Å²) in [6.45, 7) is 0.792. The average Bonchev–Trinajstić information content (AvgIpc) is 2.71. The van der Waals surface area contributed by atoms with Crippen molar-refractivity contribution in [2.75, 3.05) is 24.6 Å². The van der Waals surface area contributed by atoms with Crippen LogP contribution in [0, 0.1) is 0 Å². The van der Waals surface area contributed by atoms with E-state index in [1.807, 2.05) is 37.4 Å². The topological polar surface area (TPSA) is 71.2 Å². The number of hydrogen-bond donors (Lipinski definition) is 2. The fraction of sp³-hybridized carbons (Fsp3) is 0.286. The highest BCUT2D eigenvalue weighted by Gasteiger charge is 2.28. The lowest BCUT2D eigenvalue weighted by Gasteiger charge is -2.13. The zero-order valence-corrected chi connectivity index (χ0v) is 10.8. The summed E-state index contributed by atoms with van der Waals surface area (Å²) in [6.07, 6.45) is 0.816. The summed E-state index contributed by atoms with van der Waals surface area (Å²) in [5.74, 6) is 0.852. The Morgan fingerprint density at radius 2 is 2.21 bits per heavy atom. The number of benzene rings is 1. The Balaban J connectivity index is 1.86. The highest BCUT2D eigenvalue weighted by atomic mass is 16.2. The molecule has 3 N–H and O–H groups in total. The second-order valence-electron chi connectivity index (χ2n) is 4.89. The normalized spacial score (nSPS) is 19.1. The van der Waals surface area contributed by atoms with Gasteiger partial charge in [0.15, 0.2) is 0 Å². The number of amides is 1. The molecular weight excluding hydrogens is 240 g/mol. The number of likely N-dealkylation sites (N-methyl/N-ethyl adjacent to an activating group) is 1. The van der Waals surface area contributed by atoms with E-state index in [9.17, 15) is 4.79 Å². The van der Waals surface area contributed by atoms with Gasteiger partial charge in [-0.1, -0.05) is 0 Å². The quantitative estimate of drug-likeness (QED) is 0.798. The zero-order valence-electron chi connectivity index (χ0n) is 10.8. The van der Waals surface area contributed by atoms with Crippen molar-refractivity contribution < 1.29 is 4.79 Å². The van der Waals surface area contributed by atoms with Gasteiger partial charge in [0.25, 0.3) is 0 Å². The Bertz CT molecular complexity index is 640. The number of carbonyl (C=O) groups excluding carboxylic acids is 1. The van der Waals surface area contributed by atoms with Gasteiger partial charge in [0, 0.05) is 24.7 Å². The number of anilines is 2. The lowest BCUT2D eigenvalue weighted by atomic mass is 10.2. The second kappa shape index (κ2) is 4.42. The van der Waals surface area contributed by atoms with Gasteiger partial charge < -0.3 is 16.0 Å². The molecule has 2 aromatic rings. The summed E-state index contributed by atoms with van der Waals surface area (Å²) in [5, 5.41) is 4.19.